The number of hydrogen-bond acceptors (Lipinski definition) is 2. The quantitative estimate of drug-likeness (QED) is 0.588. The maximum atomic E-state index is 14.2. The SMILES string of the molecule is CN(Cc1ccccc1C(F)(F)F)C(=O)c1cn(C)nc1-c1ccc(F)cc1F. The maximum absolute atomic E-state index is 14.2. The first-order valence-electron chi connectivity index (χ1n) is 8.47. The van der Waals surface area contributed by atoms with Crippen molar-refractivity contribution in [1.82, 2.24) is 14.7 Å². The van der Waals surface area contributed by atoms with Crippen molar-refractivity contribution < 1.29 is 26.7 Å². The van der Waals surface area contributed by atoms with E-state index in [1.54, 1.807) is 0 Å². The lowest BCUT2D eigenvalue weighted by Crippen LogP contribution is -2.27. The van der Waals surface area contributed by atoms with Gasteiger partial charge in [0, 0.05) is 38.5 Å². The van der Waals surface area contributed by atoms with E-state index in [-0.39, 0.29) is 28.9 Å². The summed E-state index contributed by atoms with van der Waals surface area (Å²) in [4.78, 5) is 14.0. The number of benzene rings is 2. The van der Waals surface area contributed by atoms with Crippen molar-refractivity contribution in [2.24, 2.45) is 7.05 Å². The number of nitrogens with zero attached hydrogens (tertiary/aromatic N) is 3. The van der Waals surface area contributed by atoms with Gasteiger partial charge < -0.3 is 4.90 Å². The van der Waals surface area contributed by atoms with E-state index in [0.29, 0.717) is 6.07 Å². The van der Waals surface area contributed by atoms with Crippen LogP contribution in [-0.4, -0.2) is 27.6 Å². The second kappa shape index (κ2) is 7.65. The maximum Gasteiger partial charge on any atom is 0.416 e. The molecule has 0 atom stereocenters. The average molecular weight is 409 g/mol. The summed E-state index contributed by atoms with van der Waals surface area (Å²) in [6, 6.07) is 7.80. The van der Waals surface area contributed by atoms with Crippen LogP contribution in [0.4, 0.5) is 22.0 Å². The van der Waals surface area contributed by atoms with Crippen molar-refractivity contribution in [3.05, 3.63) is 77.0 Å². The highest BCUT2D eigenvalue weighted by Crippen LogP contribution is 2.33. The Morgan fingerprint density at radius 2 is 1.83 bits per heavy atom. The molecule has 1 heterocycles. The Morgan fingerprint density at radius 1 is 1.14 bits per heavy atom. The first kappa shape index (κ1) is 20.5. The molecule has 0 aliphatic carbocycles. The number of alkyl halides is 3. The molecular weight excluding hydrogens is 393 g/mol. The zero-order valence-electron chi connectivity index (χ0n) is 15.5. The lowest BCUT2D eigenvalue weighted by molar-refractivity contribution is -0.138. The van der Waals surface area contributed by atoms with Gasteiger partial charge in [-0.25, -0.2) is 8.78 Å². The fourth-order valence-corrected chi connectivity index (χ4v) is 2.99. The molecule has 0 bridgehead atoms. The van der Waals surface area contributed by atoms with Crippen LogP contribution in [0.15, 0.2) is 48.7 Å². The van der Waals surface area contributed by atoms with Gasteiger partial charge in [-0.1, -0.05) is 18.2 Å². The molecule has 0 radical (unpaired) electrons. The van der Waals surface area contributed by atoms with E-state index in [2.05, 4.69) is 5.10 Å². The topological polar surface area (TPSA) is 38.1 Å². The molecule has 0 aliphatic rings. The highest BCUT2D eigenvalue weighted by molar-refractivity contribution is 5.99. The molecule has 1 aromatic heterocycles. The summed E-state index contributed by atoms with van der Waals surface area (Å²) >= 11 is 0. The Labute approximate surface area is 163 Å². The first-order valence-corrected chi connectivity index (χ1v) is 8.47. The molecule has 2 aromatic carbocycles. The van der Waals surface area contributed by atoms with E-state index >= 15 is 0 Å². The monoisotopic (exact) mass is 409 g/mol. The lowest BCUT2D eigenvalue weighted by Gasteiger charge is -2.20. The predicted molar refractivity (Wildman–Crippen MR) is 95.8 cm³/mol. The van der Waals surface area contributed by atoms with Crippen LogP contribution in [0, 0.1) is 11.6 Å². The molecule has 3 aromatic rings. The van der Waals surface area contributed by atoms with Crippen molar-refractivity contribution in [2.75, 3.05) is 7.05 Å². The van der Waals surface area contributed by atoms with Crippen LogP contribution in [0.1, 0.15) is 21.5 Å². The predicted octanol–water partition coefficient (Wildman–Crippen LogP) is 4.66. The summed E-state index contributed by atoms with van der Waals surface area (Å²) in [7, 11) is 2.86. The molecule has 0 saturated carbocycles. The molecule has 3 rings (SSSR count). The van der Waals surface area contributed by atoms with Crippen LogP contribution < -0.4 is 0 Å². The van der Waals surface area contributed by atoms with E-state index in [1.165, 1.54) is 43.2 Å². The molecule has 152 valence electrons. The molecule has 0 unspecified atom stereocenters. The van der Waals surface area contributed by atoms with Crippen LogP contribution in [0.3, 0.4) is 0 Å². The van der Waals surface area contributed by atoms with Gasteiger partial charge in [-0.15, -0.1) is 0 Å². The van der Waals surface area contributed by atoms with Crippen LogP contribution >= 0.6 is 0 Å². The zero-order valence-corrected chi connectivity index (χ0v) is 15.5. The summed E-state index contributed by atoms with van der Waals surface area (Å²) in [6.07, 6.45) is -3.22. The highest BCUT2D eigenvalue weighted by Gasteiger charge is 2.33. The summed E-state index contributed by atoms with van der Waals surface area (Å²) in [5.74, 6) is -2.33. The van der Waals surface area contributed by atoms with E-state index in [0.717, 1.165) is 23.1 Å². The minimum absolute atomic E-state index is 0.00926. The van der Waals surface area contributed by atoms with Crippen LogP contribution in [0.5, 0.6) is 0 Å². The number of carbonyl (C=O) groups is 1. The van der Waals surface area contributed by atoms with Crippen LogP contribution in [0.2, 0.25) is 0 Å². The van der Waals surface area contributed by atoms with Gasteiger partial charge in [0.15, 0.2) is 0 Å². The standard InChI is InChI=1S/C20H16F5N3O/c1-27(10-12-5-3-4-6-16(12)20(23,24)25)19(29)15-11-28(2)26-18(15)14-8-7-13(21)9-17(14)22/h3-9,11H,10H2,1-2H3. The molecule has 0 fully saturated rings. The van der Waals surface area contributed by atoms with Gasteiger partial charge in [-0.3, -0.25) is 9.48 Å². The Morgan fingerprint density at radius 3 is 2.48 bits per heavy atom. The largest absolute Gasteiger partial charge is 0.416 e. The van der Waals surface area contributed by atoms with Gasteiger partial charge in [-0.05, 0) is 23.8 Å². The molecule has 0 spiro atoms. The highest BCUT2D eigenvalue weighted by atomic mass is 19.4. The summed E-state index contributed by atoms with van der Waals surface area (Å²) in [6.45, 7) is -0.311. The van der Waals surface area contributed by atoms with Crippen molar-refractivity contribution in [3.63, 3.8) is 0 Å². The Kier molecular flexibility index (Phi) is 5.41. The smallest absolute Gasteiger partial charge is 0.337 e. The average Bonchev–Trinajstić information content (AvgIpc) is 3.02. The van der Waals surface area contributed by atoms with Crippen LogP contribution in [-0.2, 0) is 19.8 Å². The second-order valence-corrected chi connectivity index (χ2v) is 6.51. The first-order chi connectivity index (χ1) is 13.6. The zero-order chi connectivity index (χ0) is 21.3. The minimum atomic E-state index is -4.56. The van der Waals surface area contributed by atoms with E-state index in [9.17, 15) is 26.7 Å². The number of carbonyl (C=O) groups excluding carboxylic acids is 1. The molecule has 0 saturated heterocycles. The van der Waals surface area contributed by atoms with Crippen molar-refractivity contribution in [3.8, 4) is 11.3 Å². The molecule has 0 aliphatic heterocycles. The number of rotatable bonds is 4. The molecular formula is C20H16F5N3O. The number of halogens is 5. The summed E-state index contributed by atoms with van der Waals surface area (Å²) < 4.78 is 68.3. The van der Waals surface area contributed by atoms with Crippen molar-refractivity contribution in [1.29, 1.82) is 0 Å². The molecule has 29 heavy (non-hydrogen) atoms. The van der Waals surface area contributed by atoms with Gasteiger partial charge in [0.25, 0.3) is 5.91 Å². The van der Waals surface area contributed by atoms with E-state index in [4.69, 9.17) is 0 Å². The number of aryl methyl sites for hydroxylation is 1. The van der Waals surface area contributed by atoms with E-state index in [1.807, 2.05) is 0 Å². The minimum Gasteiger partial charge on any atom is -0.337 e. The third kappa shape index (κ3) is 4.28. The van der Waals surface area contributed by atoms with E-state index < -0.39 is 29.3 Å². The molecule has 4 nitrogen and oxygen atoms in total. The number of hydrogen-bond donors (Lipinski definition) is 0. The second-order valence-electron chi connectivity index (χ2n) is 6.51. The third-order valence-corrected chi connectivity index (χ3v) is 4.32. The normalized spacial score (nSPS) is 11.6. The summed E-state index contributed by atoms with van der Waals surface area (Å²) in [5, 5.41) is 4.07. The van der Waals surface area contributed by atoms with Gasteiger partial charge in [0.1, 0.15) is 17.3 Å². The molecule has 1 amide bonds. The fourth-order valence-electron chi connectivity index (χ4n) is 2.99. The van der Waals surface area contributed by atoms with Crippen molar-refractivity contribution >= 4 is 5.91 Å². The third-order valence-electron chi connectivity index (χ3n) is 4.32. The van der Waals surface area contributed by atoms with Gasteiger partial charge >= 0.3 is 6.18 Å². The Balaban J connectivity index is 1.94. The number of aromatic nitrogens is 2. The Hall–Kier alpha value is -3.23. The van der Waals surface area contributed by atoms with Gasteiger partial charge in [0.05, 0.1) is 11.1 Å². The van der Waals surface area contributed by atoms with Crippen molar-refractivity contribution in [2.45, 2.75) is 12.7 Å². The number of amides is 1. The van der Waals surface area contributed by atoms with Gasteiger partial charge in [-0.2, -0.15) is 18.3 Å². The van der Waals surface area contributed by atoms with Gasteiger partial charge in [0.2, 0.25) is 0 Å². The molecule has 9 heteroatoms. The fraction of sp³-hybridized carbons (Fsp3) is 0.200. The summed E-state index contributed by atoms with van der Waals surface area (Å²) in [5.41, 5.74) is -1.03. The molecule has 0 N–H and O–H groups in total. The van der Waals surface area contributed by atoms with Crippen LogP contribution in [0.25, 0.3) is 11.3 Å². The Bertz CT molecular complexity index is 1060. The lowest BCUT2D eigenvalue weighted by atomic mass is 10.0.